The number of rotatable bonds is 11. The van der Waals surface area contributed by atoms with Crippen LogP contribution in [0.4, 0.5) is 28.0 Å². The highest BCUT2D eigenvalue weighted by molar-refractivity contribution is 6.23. The van der Waals surface area contributed by atoms with Crippen molar-refractivity contribution in [2.75, 3.05) is 4.90 Å². The summed E-state index contributed by atoms with van der Waals surface area (Å²) < 4.78 is 61.3. The minimum Gasteiger partial charge on any atom is -0.339 e. The highest BCUT2D eigenvalue weighted by Crippen LogP contribution is 2.47. The number of imide groups is 1. The Labute approximate surface area is 253 Å². The average molecular weight is 630 g/mol. The van der Waals surface area contributed by atoms with Crippen molar-refractivity contribution in [1.82, 2.24) is 25.5 Å². The lowest BCUT2D eigenvalue weighted by atomic mass is 9.75. The standard InChI is InChI=1S/C29H27F4N7O5/c30-21-12-17(25-36-24(45-38-25)7-4-2-1-3-6-23(41)37-44)8-9-18(21)16-39-27(43)40(26(42)28(39)10-5-11-28)19-13-20(29(31,32)33)22(14-34)35-15-19/h8-9,12-13,15,44H,1-7,10-11,16H2,(H,37,41). The van der Waals surface area contributed by atoms with E-state index in [4.69, 9.17) is 15.0 Å². The molecule has 2 fully saturated rings. The lowest BCUT2D eigenvalue weighted by Crippen LogP contribution is -2.54. The predicted octanol–water partition coefficient (Wildman–Crippen LogP) is 5.05. The molecule has 3 aromatic rings. The van der Waals surface area contributed by atoms with Crippen LogP contribution in [0.5, 0.6) is 0 Å². The SMILES string of the molecule is N#Cc1ncc(N2C(=O)N(Cc3ccc(-c4noc(CCCCCCC(=O)NO)n4)cc3F)C3(CCC3)C2=O)cc1C(F)(F)F. The molecule has 236 valence electrons. The third-order valence-corrected chi connectivity index (χ3v) is 8.04. The molecule has 12 nitrogen and oxygen atoms in total. The maximum atomic E-state index is 15.4. The van der Waals surface area contributed by atoms with E-state index in [1.165, 1.54) is 29.2 Å². The van der Waals surface area contributed by atoms with Crippen LogP contribution in [0.3, 0.4) is 0 Å². The summed E-state index contributed by atoms with van der Waals surface area (Å²) in [4.78, 5) is 47.6. The quantitative estimate of drug-likeness (QED) is 0.0970. The number of aryl methyl sites for hydroxylation is 1. The Balaban J connectivity index is 1.28. The summed E-state index contributed by atoms with van der Waals surface area (Å²) in [6, 6.07) is 5.12. The molecule has 1 aromatic carbocycles. The molecule has 1 aliphatic heterocycles. The van der Waals surface area contributed by atoms with Gasteiger partial charge >= 0.3 is 12.2 Å². The number of nitriles is 1. The van der Waals surface area contributed by atoms with Crippen molar-refractivity contribution in [2.45, 2.75) is 76.0 Å². The number of halogens is 4. The van der Waals surface area contributed by atoms with E-state index in [1.807, 2.05) is 0 Å². The van der Waals surface area contributed by atoms with Gasteiger partial charge in [-0.15, -0.1) is 0 Å². The van der Waals surface area contributed by atoms with Gasteiger partial charge in [0.15, 0.2) is 5.69 Å². The van der Waals surface area contributed by atoms with Gasteiger partial charge in [-0.1, -0.05) is 30.1 Å². The summed E-state index contributed by atoms with van der Waals surface area (Å²) in [5.74, 6) is -1.38. The van der Waals surface area contributed by atoms with Crippen LogP contribution in [0.2, 0.25) is 0 Å². The van der Waals surface area contributed by atoms with Crippen LogP contribution in [0, 0.1) is 17.1 Å². The van der Waals surface area contributed by atoms with Crippen molar-refractivity contribution >= 4 is 23.5 Å². The zero-order chi connectivity index (χ0) is 32.4. The number of nitrogens with one attached hydrogen (secondary N) is 1. The van der Waals surface area contributed by atoms with Crippen LogP contribution in [0.15, 0.2) is 35.0 Å². The van der Waals surface area contributed by atoms with E-state index in [9.17, 15) is 27.6 Å². The fraction of sp³-hybridized carbons (Fsp3) is 0.414. The van der Waals surface area contributed by atoms with Crippen molar-refractivity contribution in [1.29, 1.82) is 5.26 Å². The number of urea groups is 1. The number of carbonyl (C=O) groups excluding carboxylic acids is 3. The highest BCUT2D eigenvalue weighted by atomic mass is 19.4. The number of carbonyl (C=O) groups is 3. The molecule has 1 saturated heterocycles. The molecule has 2 N–H and O–H groups in total. The van der Waals surface area contributed by atoms with Crippen LogP contribution >= 0.6 is 0 Å². The molecule has 1 saturated carbocycles. The Morgan fingerprint density at radius 1 is 1.16 bits per heavy atom. The van der Waals surface area contributed by atoms with E-state index in [1.54, 1.807) is 5.48 Å². The molecule has 1 aliphatic carbocycles. The van der Waals surface area contributed by atoms with Gasteiger partial charge in [0.2, 0.25) is 17.6 Å². The number of amides is 4. The third kappa shape index (κ3) is 6.21. The summed E-state index contributed by atoms with van der Waals surface area (Å²) in [5, 5.41) is 21.5. The molecule has 16 heteroatoms. The summed E-state index contributed by atoms with van der Waals surface area (Å²) >= 11 is 0. The Kier molecular flexibility index (Phi) is 8.82. The average Bonchev–Trinajstić information content (AvgIpc) is 3.55. The van der Waals surface area contributed by atoms with Crippen molar-refractivity contribution < 1.29 is 41.7 Å². The van der Waals surface area contributed by atoms with Crippen molar-refractivity contribution in [2.24, 2.45) is 0 Å². The number of hydrogen-bond donors (Lipinski definition) is 2. The number of anilines is 1. The van der Waals surface area contributed by atoms with Gasteiger partial charge in [0.05, 0.1) is 24.0 Å². The minimum absolute atomic E-state index is 0.0700. The minimum atomic E-state index is -4.94. The molecule has 3 heterocycles. The Bertz CT molecular complexity index is 1670. The largest absolute Gasteiger partial charge is 0.419 e. The lowest BCUT2D eigenvalue weighted by Gasteiger charge is -2.42. The molecule has 0 atom stereocenters. The van der Waals surface area contributed by atoms with E-state index in [0.717, 1.165) is 19.0 Å². The number of hydrogen-bond acceptors (Lipinski definition) is 9. The van der Waals surface area contributed by atoms with Crippen LogP contribution in [-0.4, -0.2) is 48.6 Å². The highest BCUT2D eigenvalue weighted by Gasteiger charge is 2.61. The van der Waals surface area contributed by atoms with Gasteiger partial charge in [-0.25, -0.2) is 24.5 Å². The smallest absolute Gasteiger partial charge is 0.339 e. The van der Waals surface area contributed by atoms with Crippen LogP contribution in [0.25, 0.3) is 11.4 Å². The van der Waals surface area contributed by atoms with E-state index in [-0.39, 0.29) is 37.2 Å². The number of hydroxylamine groups is 1. The van der Waals surface area contributed by atoms with Crippen molar-refractivity contribution in [3.8, 4) is 17.5 Å². The predicted molar refractivity (Wildman–Crippen MR) is 145 cm³/mol. The summed E-state index contributed by atoms with van der Waals surface area (Å²) in [7, 11) is 0. The van der Waals surface area contributed by atoms with Crippen LogP contribution < -0.4 is 10.4 Å². The van der Waals surface area contributed by atoms with Gasteiger partial charge in [-0.2, -0.15) is 23.4 Å². The second-order valence-electron chi connectivity index (χ2n) is 10.9. The number of pyridine rings is 1. The van der Waals surface area contributed by atoms with Crippen molar-refractivity contribution in [3.05, 3.63) is 59.0 Å². The molecule has 2 aliphatic rings. The van der Waals surface area contributed by atoms with Crippen LogP contribution in [0.1, 0.15) is 74.1 Å². The second-order valence-corrected chi connectivity index (χ2v) is 10.9. The normalized spacial score (nSPS) is 15.8. The number of benzene rings is 1. The van der Waals surface area contributed by atoms with Crippen molar-refractivity contribution in [3.63, 3.8) is 0 Å². The molecule has 5 rings (SSSR count). The topological polar surface area (TPSA) is 166 Å². The first-order valence-corrected chi connectivity index (χ1v) is 14.2. The summed E-state index contributed by atoms with van der Waals surface area (Å²) in [6.45, 7) is -0.319. The summed E-state index contributed by atoms with van der Waals surface area (Å²) in [6.07, 6.45) is 0.622. The van der Waals surface area contributed by atoms with E-state index in [2.05, 4.69) is 15.1 Å². The molecule has 0 bridgehead atoms. The molecular formula is C29H27F4N7O5. The van der Waals surface area contributed by atoms with E-state index in [0.29, 0.717) is 48.1 Å². The molecule has 45 heavy (non-hydrogen) atoms. The van der Waals surface area contributed by atoms with Gasteiger partial charge in [0, 0.05) is 24.0 Å². The van der Waals surface area contributed by atoms with Gasteiger partial charge < -0.3 is 9.42 Å². The van der Waals surface area contributed by atoms with Crippen LogP contribution in [-0.2, 0) is 28.7 Å². The van der Waals surface area contributed by atoms with Gasteiger partial charge in [0.1, 0.15) is 17.4 Å². The number of nitrogens with zero attached hydrogens (tertiary/aromatic N) is 6. The monoisotopic (exact) mass is 629 g/mol. The first-order chi connectivity index (χ1) is 21.5. The number of unbranched alkanes of at least 4 members (excludes halogenated alkanes) is 3. The van der Waals surface area contributed by atoms with E-state index >= 15 is 4.39 Å². The Morgan fingerprint density at radius 2 is 1.91 bits per heavy atom. The molecule has 0 radical (unpaired) electrons. The maximum absolute atomic E-state index is 15.4. The Hall–Kier alpha value is -4.91. The third-order valence-electron chi connectivity index (χ3n) is 8.04. The first kappa shape index (κ1) is 31.5. The first-order valence-electron chi connectivity index (χ1n) is 14.2. The zero-order valence-electron chi connectivity index (χ0n) is 23.7. The number of aromatic nitrogens is 3. The lowest BCUT2D eigenvalue weighted by molar-refractivity contribution is -0.138. The van der Waals surface area contributed by atoms with Gasteiger partial charge in [-0.05, 0) is 44.2 Å². The molecular weight excluding hydrogens is 602 g/mol. The molecule has 4 amide bonds. The number of alkyl halides is 3. The van der Waals surface area contributed by atoms with Gasteiger partial charge in [0.25, 0.3) is 5.91 Å². The fourth-order valence-electron chi connectivity index (χ4n) is 5.47. The Morgan fingerprint density at radius 3 is 2.56 bits per heavy atom. The zero-order valence-corrected chi connectivity index (χ0v) is 23.7. The fourth-order valence-corrected chi connectivity index (χ4v) is 5.47. The van der Waals surface area contributed by atoms with E-state index < -0.39 is 52.3 Å². The molecule has 0 unspecified atom stereocenters. The second kappa shape index (κ2) is 12.6. The summed E-state index contributed by atoms with van der Waals surface area (Å²) in [5.41, 5.74) is -2.06. The van der Waals surface area contributed by atoms with Gasteiger partial charge in [-0.3, -0.25) is 14.8 Å². The molecule has 2 aromatic heterocycles. The maximum Gasteiger partial charge on any atom is 0.419 e. The molecule has 1 spiro atoms.